The predicted molar refractivity (Wildman–Crippen MR) is 65.6 cm³/mol. The Balaban J connectivity index is 1.97. The van der Waals surface area contributed by atoms with Gasteiger partial charge in [0, 0.05) is 18.9 Å². The van der Waals surface area contributed by atoms with Crippen LogP contribution in [0.5, 0.6) is 0 Å². The summed E-state index contributed by atoms with van der Waals surface area (Å²) in [6, 6.07) is 0. The molecule has 0 N–H and O–H groups in total. The standard InChI is InChI=1S/C13H19ClO4/c1-11(2)17-9-7(16-4)5-13(10(9)18-11)6-8(15)12(13,3)14/h7,9-10H,5-6H2,1-4H3/t7-,9?,10?,12-,13-/m1/s1. The van der Waals surface area contributed by atoms with Crippen LogP contribution in [0.3, 0.4) is 0 Å². The van der Waals surface area contributed by atoms with Gasteiger partial charge in [-0.3, -0.25) is 4.79 Å². The lowest BCUT2D eigenvalue weighted by atomic mass is 9.57. The molecule has 4 nitrogen and oxygen atoms in total. The maximum Gasteiger partial charge on any atom is 0.163 e. The van der Waals surface area contributed by atoms with Crippen molar-refractivity contribution in [3.63, 3.8) is 0 Å². The average molecular weight is 275 g/mol. The zero-order valence-corrected chi connectivity index (χ0v) is 11.9. The number of ketones is 1. The highest BCUT2D eigenvalue weighted by Gasteiger charge is 2.74. The van der Waals surface area contributed by atoms with Crippen molar-refractivity contribution in [3.05, 3.63) is 0 Å². The molecule has 0 amide bonds. The van der Waals surface area contributed by atoms with E-state index in [4.69, 9.17) is 25.8 Å². The van der Waals surface area contributed by atoms with Crippen molar-refractivity contribution in [2.24, 2.45) is 5.41 Å². The Morgan fingerprint density at radius 2 is 2.00 bits per heavy atom. The van der Waals surface area contributed by atoms with E-state index >= 15 is 0 Å². The van der Waals surface area contributed by atoms with Crippen LogP contribution in [-0.4, -0.2) is 41.9 Å². The van der Waals surface area contributed by atoms with Crippen LogP contribution in [0, 0.1) is 5.41 Å². The molecule has 2 saturated carbocycles. The third-order valence-electron chi connectivity index (χ3n) is 4.84. The first kappa shape index (κ1) is 12.9. The van der Waals surface area contributed by atoms with E-state index in [-0.39, 0.29) is 29.5 Å². The van der Waals surface area contributed by atoms with Crippen LogP contribution in [0.4, 0.5) is 0 Å². The third-order valence-corrected chi connectivity index (χ3v) is 5.43. The minimum atomic E-state index is -0.854. The second-order valence-electron chi connectivity index (χ2n) is 6.26. The Morgan fingerprint density at radius 1 is 1.33 bits per heavy atom. The number of carbonyl (C=O) groups excluding carboxylic acids is 1. The van der Waals surface area contributed by atoms with E-state index in [2.05, 4.69) is 0 Å². The average Bonchev–Trinajstić information content (AvgIpc) is 2.73. The lowest BCUT2D eigenvalue weighted by molar-refractivity contribution is -0.190. The van der Waals surface area contributed by atoms with Crippen LogP contribution in [0.15, 0.2) is 0 Å². The maximum absolute atomic E-state index is 11.8. The van der Waals surface area contributed by atoms with E-state index in [1.165, 1.54) is 0 Å². The van der Waals surface area contributed by atoms with Gasteiger partial charge in [0.05, 0.1) is 12.2 Å². The monoisotopic (exact) mass is 274 g/mol. The summed E-state index contributed by atoms with van der Waals surface area (Å²) >= 11 is 6.46. The summed E-state index contributed by atoms with van der Waals surface area (Å²) in [5.74, 6) is -0.543. The number of ether oxygens (including phenoxy) is 3. The zero-order valence-electron chi connectivity index (χ0n) is 11.2. The van der Waals surface area contributed by atoms with Crippen LogP contribution < -0.4 is 0 Å². The molecule has 2 aliphatic carbocycles. The minimum absolute atomic E-state index is 0.0528. The second kappa shape index (κ2) is 3.48. The Hall–Kier alpha value is -0.160. The fourth-order valence-corrected chi connectivity index (χ4v) is 4.04. The lowest BCUT2D eigenvalue weighted by Crippen LogP contribution is -2.64. The first-order valence-corrected chi connectivity index (χ1v) is 6.72. The van der Waals surface area contributed by atoms with Gasteiger partial charge in [-0.2, -0.15) is 0 Å². The van der Waals surface area contributed by atoms with Gasteiger partial charge in [0.15, 0.2) is 11.6 Å². The molecule has 2 unspecified atom stereocenters. The molecule has 5 atom stereocenters. The van der Waals surface area contributed by atoms with E-state index in [1.807, 2.05) is 13.8 Å². The molecule has 0 bridgehead atoms. The van der Waals surface area contributed by atoms with E-state index in [9.17, 15) is 4.79 Å². The molecular weight excluding hydrogens is 256 g/mol. The van der Waals surface area contributed by atoms with Crippen molar-refractivity contribution in [2.75, 3.05) is 7.11 Å². The highest BCUT2D eigenvalue weighted by molar-refractivity contribution is 6.38. The molecule has 1 heterocycles. The van der Waals surface area contributed by atoms with Crippen molar-refractivity contribution < 1.29 is 19.0 Å². The number of hydrogen-bond acceptors (Lipinski definition) is 4. The van der Waals surface area contributed by atoms with Crippen LogP contribution >= 0.6 is 11.6 Å². The molecule has 3 aliphatic rings. The smallest absolute Gasteiger partial charge is 0.163 e. The van der Waals surface area contributed by atoms with Crippen LogP contribution in [0.25, 0.3) is 0 Å². The van der Waals surface area contributed by atoms with E-state index in [0.717, 1.165) is 6.42 Å². The number of Topliss-reactive ketones (excluding diaryl/α,β-unsaturated/α-hetero) is 1. The number of halogens is 1. The third kappa shape index (κ3) is 1.35. The SMILES string of the molecule is CO[C@@H]1C[C@@]2(CC(=O)[C@@]2(C)Cl)C2OC(C)(C)OC21. The van der Waals surface area contributed by atoms with Gasteiger partial charge in [0.25, 0.3) is 0 Å². The normalized spacial score (nSPS) is 53.6. The molecule has 1 spiro atoms. The first-order valence-electron chi connectivity index (χ1n) is 6.34. The summed E-state index contributed by atoms with van der Waals surface area (Å²) in [6.07, 6.45) is 0.852. The Bertz CT molecular complexity index is 406. The quantitative estimate of drug-likeness (QED) is 0.685. The summed E-state index contributed by atoms with van der Waals surface area (Å²) in [5.41, 5.74) is -0.343. The van der Waals surface area contributed by atoms with E-state index in [1.54, 1.807) is 14.0 Å². The summed E-state index contributed by atoms with van der Waals surface area (Å²) < 4.78 is 17.4. The highest BCUT2D eigenvalue weighted by atomic mass is 35.5. The van der Waals surface area contributed by atoms with Gasteiger partial charge in [0.2, 0.25) is 0 Å². The van der Waals surface area contributed by atoms with Gasteiger partial charge in [-0.25, -0.2) is 0 Å². The van der Waals surface area contributed by atoms with Gasteiger partial charge in [0.1, 0.15) is 11.0 Å². The summed E-state index contributed by atoms with van der Waals surface area (Å²) in [4.78, 5) is 10.9. The molecule has 102 valence electrons. The molecule has 0 aromatic carbocycles. The molecule has 3 fully saturated rings. The van der Waals surface area contributed by atoms with Gasteiger partial charge in [-0.1, -0.05) is 0 Å². The van der Waals surface area contributed by atoms with Gasteiger partial charge in [-0.15, -0.1) is 11.6 Å². The molecular formula is C13H19ClO4. The molecule has 0 aromatic rings. The van der Waals surface area contributed by atoms with Gasteiger partial charge >= 0.3 is 0 Å². The Kier molecular flexibility index (Phi) is 2.49. The number of alkyl halides is 1. The molecule has 0 radical (unpaired) electrons. The summed E-state index contributed by atoms with van der Waals surface area (Å²) in [5, 5.41) is 0. The van der Waals surface area contributed by atoms with Crippen LogP contribution in [0.2, 0.25) is 0 Å². The Labute approximate surface area is 112 Å². The molecule has 5 heteroatoms. The van der Waals surface area contributed by atoms with E-state index in [0.29, 0.717) is 6.42 Å². The number of hydrogen-bond donors (Lipinski definition) is 0. The molecule has 18 heavy (non-hydrogen) atoms. The predicted octanol–water partition coefficient (Wildman–Crippen LogP) is 1.88. The largest absolute Gasteiger partial charge is 0.379 e. The second-order valence-corrected chi connectivity index (χ2v) is 7.01. The number of carbonyl (C=O) groups is 1. The topological polar surface area (TPSA) is 44.8 Å². The van der Waals surface area contributed by atoms with E-state index < -0.39 is 10.7 Å². The minimum Gasteiger partial charge on any atom is -0.379 e. The van der Waals surface area contributed by atoms with Crippen LogP contribution in [-0.2, 0) is 19.0 Å². The van der Waals surface area contributed by atoms with Crippen LogP contribution in [0.1, 0.15) is 33.6 Å². The van der Waals surface area contributed by atoms with Crippen molar-refractivity contribution in [1.82, 2.24) is 0 Å². The number of rotatable bonds is 1. The summed E-state index contributed by atoms with van der Waals surface area (Å²) in [6.45, 7) is 5.57. The fraction of sp³-hybridized carbons (Fsp3) is 0.923. The maximum atomic E-state index is 11.8. The van der Waals surface area contributed by atoms with Gasteiger partial charge in [-0.05, 0) is 27.2 Å². The van der Waals surface area contributed by atoms with Gasteiger partial charge < -0.3 is 14.2 Å². The highest BCUT2D eigenvalue weighted by Crippen LogP contribution is 2.64. The van der Waals surface area contributed by atoms with Crippen molar-refractivity contribution in [3.8, 4) is 0 Å². The molecule has 3 rings (SSSR count). The number of methoxy groups -OCH3 is 1. The molecule has 1 saturated heterocycles. The summed E-state index contributed by atoms with van der Waals surface area (Å²) in [7, 11) is 1.67. The molecule has 0 aromatic heterocycles. The first-order chi connectivity index (χ1) is 8.23. The Morgan fingerprint density at radius 3 is 2.50 bits per heavy atom. The zero-order chi connectivity index (χ0) is 13.3. The lowest BCUT2D eigenvalue weighted by Gasteiger charge is -2.52. The van der Waals surface area contributed by atoms with Crippen molar-refractivity contribution in [1.29, 1.82) is 0 Å². The molecule has 1 aliphatic heterocycles. The van der Waals surface area contributed by atoms with Crippen molar-refractivity contribution >= 4 is 17.4 Å². The fourth-order valence-electron chi connectivity index (χ4n) is 3.72. The number of fused-ring (bicyclic) bond motifs is 2. The van der Waals surface area contributed by atoms with Crippen molar-refractivity contribution in [2.45, 2.75) is 62.6 Å².